The maximum atomic E-state index is 9.07. The SMILES string of the molecule is NCc1cc2ccccc2nc1N1CCCC1CCCO. The lowest BCUT2D eigenvalue weighted by molar-refractivity contribution is 0.279. The molecule has 1 aliphatic heterocycles. The zero-order valence-electron chi connectivity index (χ0n) is 12.3. The van der Waals surface area contributed by atoms with Crippen molar-refractivity contribution < 1.29 is 5.11 Å². The molecule has 0 aliphatic carbocycles. The van der Waals surface area contributed by atoms with E-state index >= 15 is 0 Å². The molecule has 1 fully saturated rings. The van der Waals surface area contributed by atoms with Crippen LogP contribution in [0.3, 0.4) is 0 Å². The monoisotopic (exact) mass is 285 g/mol. The minimum atomic E-state index is 0.263. The van der Waals surface area contributed by atoms with E-state index < -0.39 is 0 Å². The van der Waals surface area contributed by atoms with Crippen molar-refractivity contribution in [3.63, 3.8) is 0 Å². The molecule has 0 spiro atoms. The van der Waals surface area contributed by atoms with E-state index in [0.717, 1.165) is 41.7 Å². The fraction of sp³-hybridized carbons (Fsp3) is 0.471. The summed E-state index contributed by atoms with van der Waals surface area (Å²) in [6, 6.07) is 10.8. The number of rotatable bonds is 5. The Morgan fingerprint density at radius 1 is 1.33 bits per heavy atom. The lowest BCUT2D eigenvalue weighted by atomic mass is 10.1. The Morgan fingerprint density at radius 3 is 3.00 bits per heavy atom. The summed E-state index contributed by atoms with van der Waals surface area (Å²) >= 11 is 0. The second-order valence-corrected chi connectivity index (χ2v) is 5.72. The summed E-state index contributed by atoms with van der Waals surface area (Å²) in [5, 5.41) is 10.2. The number of hydrogen-bond acceptors (Lipinski definition) is 4. The number of aliphatic hydroxyl groups excluding tert-OH is 1. The molecular formula is C17H23N3O. The average molecular weight is 285 g/mol. The fourth-order valence-electron chi connectivity index (χ4n) is 3.29. The number of fused-ring (bicyclic) bond motifs is 1. The number of nitrogens with two attached hydrogens (primary N) is 1. The lowest BCUT2D eigenvalue weighted by Gasteiger charge is -2.28. The van der Waals surface area contributed by atoms with E-state index in [4.69, 9.17) is 15.8 Å². The van der Waals surface area contributed by atoms with Crippen LogP contribution >= 0.6 is 0 Å². The second-order valence-electron chi connectivity index (χ2n) is 5.72. The Labute approximate surface area is 125 Å². The van der Waals surface area contributed by atoms with Crippen LogP contribution < -0.4 is 10.6 Å². The molecule has 3 N–H and O–H groups in total. The number of hydrogen-bond donors (Lipinski definition) is 2. The van der Waals surface area contributed by atoms with E-state index in [1.165, 1.54) is 12.8 Å². The summed E-state index contributed by atoms with van der Waals surface area (Å²) in [6.07, 6.45) is 4.24. The van der Waals surface area contributed by atoms with E-state index in [9.17, 15) is 0 Å². The van der Waals surface area contributed by atoms with Crippen LogP contribution in [0.15, 0.2) is 30.3 Å². The summed E-state index contributed by atoms with van der Waals surface area (Å²) in [5.41, 5.74) is 8.09. The molecule has 1 aliphatic rings. The van der Waals surface area contributed by atoms with Crippen LogP contribution in [0.4, 0.5) is 5.82 Å². The maximum Gasteiger partial charge on any atom is 0.134 e. The normalized spacial score (nSPS) is 18.6. The van der Waals surface area contributed by atoms with Gasteiger partial charge in [-0.3, -0.25) is 0 Å². The molecule has 21 heavy (non-hydrogen) atoms. The number of benzene rings is 1. The van der Waals surface area contributed by atoms with Crippen molar-refractivity contribution in [2.75, 3.05) is 18.1 Å². The van der Waals surface area contributed by atoms with Crippen LogP contribution in [0.25, 0.3) is 10.9 Å². The molecular weight excluding hydrogens is 262 g/mol. The summed E-state index contributed by atoms with van der Waals surface area (Å²) in [7, 11) is 0. The minimum absolute atomic E-state index is 0.263. The van der Waals surface area contributed by atoms with Gasteiger partial charge in [0.25, 0.3) is 0 Å². The van der Waals surface area contributed by atoms with Gasteiger partial charge in [0, 0.05) is 36.7 Å². The van der Waals surface area contributed by atoms with Crippen molar-refractivity contribution >= 4 is 16.7 Å². The highest BCUT2D eigenvalue weighted by Gasteiger charge is 2.26. The number of para-hydroxylation sites is 1. The first-order chi connectivity index (χ1) is 10.3. The molecule has 0 bridgehead atoms. The van der Waals surface area contributed by atoms with Crippen molar-refractivity contribution in [2.24, 2.45) is 5.73 Å². The molecule has 3 rings (SSSR count). The van der Waals surface area contributed by atoms with E-state index in [1.54, 1.807) is 0 Å². The summed E-state index contributed by atoms with van der Waals surface area (Å²) in [5.74, 6) is 1.04. The van der Waals surface area contributed by atoms with Gasteiger partial charge in [-0.15, -0.1) is 0 Å². The third kappa shape index (κ3) is 2.87. The Hall–Kier alpha value is -1.65. The minimum Gasteiger partial charge on any atom is -0.396 e. The zero-order valence-corrected chi connectivity index (χ0v) is 12.3. The molecule has 1 aromatic heterocycles. The number of aromatic nitrogens is 1. The van der Waals surface area contributed by atoms with Crippen LogP contribution in [0, 0.1) is 0 Å². The Kier molecular flexibility index (Phi) is 4.36. The molecule has 1 saturated heterocycles. The van der Waals surface area contributed by atoms with Gasteiger partial charge in [0.1, 0.15) is 5.82 Å². The highest BCUT2D eigenvalue weighted by Crippen LogP contribution is 2.31. The van der Waals surface area contributed by atoms with E-state index in [2.05, 4.69) is 23.1 Å². The molecule has 2 aromatic rings. The Bertz CT molecular complexity index is 614. The standard InChI is InChI=1S/C17H23N3O/c18-12-14-11-13-5-1-2-8-16(13)19-17(14)20-9-3-6-15(20)7-4-10-21/h1-2,5,8,11,15,21H,3-4,6-7,9-10,12,18H2. The Balaban J connectivity index is 1.97. The van der Waals surface area contributed by atoms with Gasteiger partial charge in [0.05, 0.1) is 5.52 Å². The summed E-state index contributed by atoms with van der Waals surface area (Å²) < 4.78 is 0. The molecule has 1 aromatic carbocycles. The highest BCUT2D eigenvalue weighted by atomic mass is 16.2. The predicted molar refractivity (Wildman–Crippen MR) is 86.3 cm³/mol. The highest BCUT2D eigenvalue weighted by molar-refractivity contribution is 5.82. The molecule has 112 valence electrons. The van der Waals surface area contributed by atoms with Gasteiger partial charge in [-0.2, -0.15) is 0 Å². The first-order valence-electron chi connectivity index (χ1n) is 7.79. The topological polar surface area (TPSA) is 62.4 Å². The first kappa shape index (κ1) is 14.3. The van der Waals surface area contributed by atoms with Crippen molar-refractivity contribution in [3.05, 3.63) is 35.9 Å². The first-order valence-corrected chi connectivity index (χ1v) is 7.79. The second kappa shape index (κ2) is 6.41. The molecule has 2 heterocycles. The predicted octanol–water partition coefficient (Wildman–Crippen LogP) is 2.43. The molecule has 1 unspecified atom stereocenters. The molecule has 0 amide bonds. The van der Waals surface area contributed by atoms with Crippen LogP contribution in [-0.4, -0.2) is 29.3 Å². The van der Waals surface area contributed by atoms with Crippen LogP contribution in [-0.2, 0) is 6.54 Å². The smallest absolute Gasteiger partial charge is 0.134 e. The molecule has 0 saturated carbocycles. The average Bonchev–Trinajstić information content (AvgIpc) is 2.99. The number of pyridine rings is 1. The van der Waals surface area contributed by atoms with Crippen LogP contribution in [0.1, 0.15) is 31.2 Å². The largest absolute Gasteiger partial charge is 0.396 e. The van der Waals surface area contributed by atoms with E-state index in [0.29, 0.717) is 12.6 Å². The zero-order chi connectivity index (χ0) is 14.7. The van der Waals surface area contributed by atoms with Crippen molar-refractivity contribution in [1.29, 1.82) is 0 Å². The van der Waals surface area contributed by atoms with Crippen molar-refractivity contribution in [3.8, 4) is 0 Å². The van der Waals surface area contributed by atoms with Crippen LogP contribution in [0.2, 0.25) is 0 Å². The third-order valence-electron chi connectivity index (χ3n) is 4.34. The van der Waals surface area contributed by atoms with Gasteiger partial charge < -0.3 is 15.7 Å². The quantitative estimate of drug-likeness (QED) is 0.885. The number of nitrogens with zero attached hydrogens (tertiary/aromatic N) is 2. The third-order valence-corrected chi connectivity index (χ3v) is 4.34. The Morgan fingerprint density at radius 2 is 2.19 bits per heavy atom. The van der Waals surface area contributed by atoms with Gasteiger partial charge in [0.2, 0.25) is 0 Å². The van der Waals surface area contributed by atoms with Crippen LogP contribution in [0.5, 0.6) is 0 Å². The maximum absolute atomic E-state index is 9.07. The van der Waals surface area contributed by atoms with Gasteiger partial charge >= 0.3 is 0 Å². The molecule has 1 atom stereocenters. The summed E-state index contributed by atoms with van der Waals surface area (Å²) in [6.45, 7) is 1.81. The van der Waals surface area contributed by atoms with E-state index in [1.807, 2.05) is 12.1 Å². The van der Waals surface area contributed by atoms with Gasteiger partial charge in [-0.05, 0) is 37.8 Å². The van der Waals surface area contributed by atoms with Gasteiger partial charge in [0.15, 0.2) is 0 Å². The summed E-state index contributed by atoms with van der Waals surface area (Å²) in [4.78, 5) is 7.26. The molecule has 4 heteroatoms. The van der Waals surface area contributed by atoms with Gasteiger partial charge in [-0.25, -0.2) is 4.98 Å². The van der Waals surface area contributed by atoms with Crippen molar-refractivity contribution in [2.45, 2.75) is 38.3 Å². The molecule has 4 nitrogen and oxygen atoms in total. The molecule has 0 radical (unpaired) electrons. The lowest BCUT2D eigenvalue weighted by Crippen LogP contribution is -2.31. The van der Waals surface area contributed by atoms with E-state index in [-0.39, 0.29) is 6.61 Å². The van der Waals surface area contributed by atoms with Crippen molar-refractivity contribution in [1.82, 2.24) is 4.98 Å². The fourth-order valence-corrected chi connectivity index (χ4v) is 3.29. The van der Waals surface area contributed by atoms with Gasteiger partial charge in [-0.1, -0.05) is 18.2 Å². The number of anilines is 1. The number of aliphatic hydroxyl groups is 1.